The third-order valence-electron chi connectivity index (χ3n) is 4.56. The molecule has 3 aromatic rings. The average Bonchev–Trinajstić information content (AvgIpc) is 3.11. The molecule has 0 saturated carbocycles. The highest BCUT2D eigenvalue weighted by molar-refractivity contribution is 7.20. The van der Waals surface area contributed by atoms with Crippen LogP contribution in [-0.4, -0.2) is 47.8 Å². The Morgan fingerprint density at radius 2 is 1.54 bits per heavy atom. The lowest BCUT2D eigenvalue weighted by Gasteiger charge is -2.34. The standard InChI is InChI=1S/C20H17FN2O2S/c21-16-6-3-5-15(12-16)19(24)22-8-10-23(11-9-22)20(25)18-13-14-4-1-2-7-17(14)26-18/h1-7,12-13H,8-11H2. The Morgan fingerprint density at radius 1 is 0.846 bits per heavy atom. The maximum Gasteiger partial charge on any atom is 0.264 e. The van der Waals surface area contributed by atoms with Gasteiger partial charge in [-0.1, -0.05) is 24.3 Å². The number of nitrogens with zero attached hydrogens (tertiary/aromatic N) is 2. The van der Waals surface area contributed by atoms with Crippen molar-refractivity contribution in [2.24, 2.45) is 0 Å². The van der Waals surface area contributed by atoms with Gasteiger partial charge in [0.2, 0.25) is 0 Å². The number of halogens is 1. The fourth-order valence-corrected chi connectivity index (χ4v) is 4.19. The predicted octanol–water partition coefficient (Wildman–Crippen LogP) is 3.64. The molecule has 1 saturated heterocycles. The fraction of sp³-hybridized carbons (Fsp3) is 0.200. The number of rotatable bonds is 2. The molecule has 0 aliphatic carbocycles. The van der Waals surface area contributed by atoms with Crippen LogP contribution >= 0.6 is 11.3 Å². The van der Waals surface area contributed by atoms with Crippen molar-refractivity contribution in [3.05, 3.63) is 70.9 Å². The quantitative estimate of drug-likeness (QED) is 0.693. The third-order valence-corrected chi connectivity index (χ3v) is 5.67. The number of benzene rings is 2. The van der Waals surface area contributed by atoms with Gasteiger partial charge in [0.1, 0.15) is 5.82 Å². The van der Waals surface area contributed by atoms with Gasteiger partial charge in [0.15, 0.2) is 0 Å². The van der Waals surface area contributed by atoms with Crippen molar-refractivity contribution in [3.63, 3.8) is 0 Å². The first-order valence-electron chi connectivity index (χ1n) is 8.44. The Hall–Kier alpha value is -2.73. The van der Waals surface area contributed by atoms with E-state index in [2.05, 4.69) is 0 Å². The Bertz CT molecular complexity index is 944. The smallest absolute Gasteiger partial charge is 0.264 e. The van der Waals surface area contributed by atoms with E-state index in [1.807, 2.05) is 30.3 Å². The minimum absolute atomic E-state index is 0.00375. The minimum Gasteiger partial charge on any atom is -0.335 e. The van der Waals surface area contributed by atoms with Crippen LogP contribution in [0.25, 0.3) is 10.1 Å². The highest BCUT2D eigenvalue weighted by Gasteiger charge is 2.26. The van der Waals surface area contributed by atoms with Crippen LogP contribution in [0.15, 0.2) is 54.6 Å². The van der Waals surface area contributed by atoms with Crippen LogP contribution in [0.4, 0.5) is 4.39 Å². The first kappa shape index (κ1) is 16.7. The van der Waals surface area contributed by atoms with Gasteiger partial charge < -0.3 is 9.80 Å². The van der Waals surface area contributed by atoms with E-state index in [1.165, 1.54) is 29.5 Å². The summed E-state index contributed by atoms with van der Waals surface area (Å²) >= 11 is 1.49. The molecule has 1 aliphatic rings. The van der Waals surface area contributed by atoms with E-state index in [4.69, 9.17) is 0 Å². The third kappa shape index (κ3) is 3.20. The van der Waals surface area contributed by atoms with Crippen LogP contribution in [-0.2, 0) is 0 Å². The second-order valence-electron chi connectivity index (χ2n) is 6.24. The monoisotopic (exact) mass is 368 g/mol. The van der Waals surface area contributed by atoms with Gasteiger partial charge in [-0.2, -0.15) is 0 Å². The molecule has 0 radical (unpaired) electrons. The van der Waals surface area contributed by atoms with Crippen molar-refractivity contribution < 1.29 is 14.0 Å². The molecule has 2 heterocycles. The number of hydrogen-bond acceptors (Lipinski definition) is 3. The van der Waals surface area contributed by atoms with E-state index < -0.39 is 5.82 Å². The van der Waals surface area contributed by atoms with Crippen molar-refractivity contribution in [2.75, 3.05) is 26.2 Å². The molecule has 1 fully saturated rings. The Kier molecular flexibility index (Phi) is 4.42. The highest BCUT2D eigenvalue weighted by atomic mass is 32.1. The average molecular weight is 368 g/mol. The lowest BCUT2D eigenvalue weighted by atomic mass is 10.1. The van der Waals surface area contributed by atoms with E-state index in [9.17, 15) is 14.0 Å². The number of fused-ring (bicyclic) bond motifs is 1. The van der Waals surface area contributed by atoms with Gasteiger partial charge in [0.05, 0.1) is 4.88 Å². The van der Waals surface area contributed by atoms with Crippen molar-refractivity contribution in [3.8, 4) is 0 Å². The topological polar surface area (TPSA) is 40.6 Å². The van der Waals surface area contributed by atoms with Crippen LogP contribution in [0.2, 0.25) is 0 Å². The lowest BCUT2D eigenvalue weighted by Crippen LogP contribution is -2.50. The molecule has 4 nitrogen and oxygen atoms in total. The lowest BCUT2D eigenvalue weighted by molar-refractivity contribution is 0.0538. The van der Waals surface area contributed by atoms with Crippen LogP contribution in [0.3, 0.4) is 0 Å². The molecular weight excluding hydrogens is 351 g/mol. The SMILES string of the molecule is O=C(c1cccc(F)c1)N1CCN(C(=O)c2cc3ccccc3s2)CC1. The summed E-state index contributed by atoms with van der Waals surface area (Å²) in [6.45, 7) is 1.86. The molecule has 1 aromatic heterocycles. The summed E-state index contributed by atoms with van der Waals surface area (Å²) in [6, 6.07) is 15.6. The molecule has 0 atom stereocenters. The zero-order valence-corrected chi connectivity index (χ0v) is 14.8. The van der Waals surface area contributed by atoms with Crippen LogP contribution in [0.5, 0.6) is 0 Å². The second kappa shape index (κ2) is 6.88. The molecule has 0 N–H and O–H groups in total. The molecular formula is C20H17FN2O2S. The van der Waals surface area contributed by atoms with Crippen molar-refractivity contribution in [1.29, 1.82) is 0 Å². The highest BCUT2D eigenvalue weighted by Crippen LogP contribution is 2.26. The van der Waals surface area contributed by atoms with Gasteiger partial charge in [0, 0.05) is 36.4 Å². The summed E-state index contributed by atoms with van der Waals surface area (Å²) in [5, 5.41) is 1.07. The molecule has 1 aliphatic heterocycles. The van der Waals surface area contributed by atoms with Crippen LogP contribution < -0.4 is 0 Å². The molecule has 0 unspecified atom stereocenters. The summed E-state index contributed by atoms with van der Waals surface area (Å²) in [5.74, 6) is -0.614. The Labute approximate surface area is 154 Å². The molecule has 0 spiro atoms. The van der Waals surface area contributed by atoms with Gasteiger partial charge in [-0.25, -0.2) is 4.39 Å². The van der Waals surface area contributed by atoms with E-state index >= 15 is 0 Å². The molecule has 26 heavy (non-hydrogen) atoms. The Balaban J connectivity index is 1.43. The maximum atomic E-state index is 13.3. The van der Waals surface area contributed by atoms with Gasteiger partial charge in [-0.3, -0.25) is 9.59 Å². The Morgan fingerprint density at radius 3 is 2.23 bits per heavy atom. The molecule has 2 aromatic carbocycles. The van der Waals surface area contributed by atoms with Crippen molar-refractivity contribution in [1.82, 2.24) is 9.80 Å². The zero-order valence-electron chi connectivity index (χ0n) is 14.0. The summed E-state index contributed by atoms with van der Waals surface area (Å²) in [4.78, 5) is 29.4. The number of carbonyl (C=O) groups excluding carboxylic acids is 2. The van der Waals surface area contributed by atoms with Crippen molar-refractivity contribution >= 4 is 33.2 Å². The largest absolute Gasteiger partial charge is 0.335 e. The number of carbonyl (C=O) groups is 2. The van der Waals surface area contributed by atoms with Gasteiger partial charge in [-0.05, 0) is 35.7 Å². The minimum atomic E-state index is -0.422. The van der Waals surface area contributed by atoms with Gasteiger partial charge in [-0.15, -0.1) is 11.3 Å². The first-order valence-corrected chi connectivity index (χ1v) is 9.26. The molecule has 4 rings (SSSR count). The first-order chi connectivity index (χ1) is 12.6. The molecule has 6 heteroatoms. The summed E-state index contributed by atoms with van der Waals surface area (Å²) < 4.78 is 14.4. The van der Waals surface area contributed by atoms with E-state index in [0.717, 1.165) is 15.0 Å². The maximum absolute atomic E-state index is 13.3. The van der Waals surface area contributed by atoms with E-state index in [0.29, 0.717) is 31.7 Å². The van der Waals surface area contributed by atoms with Gasteiger partial charge in [0.25, 0.3) is 11.8 Å². The summed E-state index contributed by atoms with van der Waals surface area (Å²) in [7, 11) is 0. The molecule has 2 amide bonds. The normalized spacial score (nSPS) is 14.7. The predicted molar refractivity (Wildman–Crippen MR) is 100 cm³/mol. The molecule has 132 valence electrons. The van der Waals surface area contributed by atoms with Crippen molar-refractivity contribution in [2.45, 2.75) is 0 Å². The number of amides is 2. The van der Waals surface area contributed by atoms with Crippen LogP contribution in [0, 0.1) is 5.82 Å². The molecule has 0 bridgehead atoms. The van der Waals surface area contributed by atoms with E-state index in [1.54, 1.807) is 15.9 Å². The van der Waals surface area contributed by atoms with E-state index in [-0.39, 0.29) is 11.8 Å². The number of piperazine rings is 1. The fourth-order valence-electron chi connectivity index (χ4n) is 3.16. The zero-order chi connectivity index (χ0) is 18.1. The second-order valence-corrected chi connectivity index (χ2v) is 7.33. The number of hydrogen-bond donors (Lipinski definition) is 0. The summed E-state index contributed by atoms with van der Waals surface area (Å²) in [6.07, 6.45) is 0. The van der Waals surface area contributed by atoms with Gasteiger partial charge >= 0.3 is 0 Å². The van der Waals surface area contributed by atoms with Crippen LogP contribution in [0.1, 0.15) is 20.0 Å². The summed E-state index contributed by atoms with van der Waals surface area (Å²) in [5.41, 5.74) is 0.342. The number of thiophene rings is 1.